The van der Waals surface area contributed by atoms with Gasteiger partial charge in [-0.1, -0.05) is 19.9 Å². The fourth-order valence-corrected chi connectivity index (χ4v) is 1.34. The van der Waals surface area contributed by atoms with Gasteiger partial charge in [-0.05, 0) is 24.6 Å². The van der Waals surface area contributed by atoms with Gasteiger partial charge in [0, 0.05) is 24.3 Å². The molecule has 0 saturated heterocycles. The Morgan fingerprint density at radius 1 is 1.41 bits per heavy atom. The van der Waals surface area contributed by atoms with Crippen LogP contribution in [0, 0.1) is 12.3 Å². The Bertz CT molecular complexity index is 413. The monoisotopic (exact) mass is 237 g/mol. The van der Waals surface area contributed by atoms with Crippen LogP contribution in [0.2, 0.25) is 0 Å². The van der Waals surface area contributed by atoms with E-state index in [0.29, 0.717) is 6.54 Å². The highest BCUT2D eigenvalue weighted by Crippen LogP contribution is 2.20. The van der Waals surface area contributed by atoms with E-state index in [2.05, 4.69) is 5.32 Å². The highest BCUT2D eigenvalue weighted by atomic mass is 16.4. The van der Waals surface area contributed by atoms with Gasteiger partial charge in [0.25, 0.3) is 0 Å². The Morgan fingerprint density at radius 3 is 2.59 bits per heavy atom. The van der Waals surface area contributed by atoms with Gasteiger partial charge in [-0.3, -0.25) is 0 Å². The number of aliphatic hydroxyl groups excluding tert-OH is 1. The van der Waals surface area contributed by atoms with Crippen molar-refractivity contribution in [3.05, 3.63) is 29.3 Å². The first-order chi connectivity index (χ1) is 7.85. The fraction of sp³-hybridized carbons (Fsp3) is 0.462. The van der Waals surface area contributed by atoms with Gasteiger partial charge in [0.05, 0.1) is 5.56 Å². The van der Waals surface area contributed by atoms with E-state index in [1.54, 1.807) is 18.2 Å². The van der Waals surface area contributed by atoms with E-state index in [1.165, 1.54) is 0 Å². The van der Waals surface area contributed by atoms with Gasteiger partial charge in [0.15, 0.2) is 0 Å². The van der Waals surface area contributed by atoms with E-state index in [0.717, 1.165) is 11.3 Å². The average molecular weight is 237 g/mol. The smallest absolute Gasteiger partial charge is 0.335 e. The summed E-state index contributed by atoms with van der Waals surface area (Å²) in [6.07, 6.45) is 0. The molecule has 0 unspecified atom stereocenters. The summed E-state index contributed by atoms with van der Waals surface area (Å²) in [4.78, 5) is 10.9. The van der Waals surface area contributed by atoms with E-state index >= 15 is 0 Å². The number of aryl methyl sites for hydroxylation is 1. The predicted octanol–water partition coefficient (Wildman–Crippen LogP) is 2.12. The summed E-state index contributed by atoms with van der Waals surface area (Å²) in [5.74, 6) is -0.936. The summed E-state index contributed by atoms with van der Waals surface area (Å²) in [7, 11) is 0. The van der Waals surface area contributed by atoms with Crippen LogP contribution < -0.4 is 5.32 Å². The third kappa shape index (κ3) is 3.75. The average Bonchev–Trinajstić information content (AvgIpc) is 2.27. The third-order valence-corrected chi connectivity index (χ3v) is 2.67. The molecule has 0 aliphatic carbocycles. The fourth-order valence-electron chi connectivity index (χ4n) is 1.34. The molecule has 4 nitrogen and oxygen atoms in total. The molecule has 17 heavy (non-hydrogen) atoms. The first-order valence-corrected chi connectivity index (χ1v) is 5.54. The highest BCUT2D eigenvalue weighted by Gasteiger charge is 2.16. The molecule has 94 valence electrons. The quantitative estimate of drug-likeness (QED) is 0.733. The Kier molecular flexibility index (Phi) is 4.12. The van der Waals surface area contributed by atoms with E-state index in [4.69, 9.17) is 10.2 Å². The lowest BCUT2D eigenvalue weighted by atomic mass is 9.94. The number of nitrogens with one attached hydrogen (secondary N) is 1. The van der Waals surface area contributed by atoms with Gasteiger partial charge in [-0.2, -0.15) is 0 Å². The number of anilines is 1. The summed E-state index contributed by atoms with van der Waals surface area (Å²) in [6.45, 7) is 6.47. The molecule has 0 heterocycles. The molecule has 0 fully saturated rings. The minimum Gasteiger partial charge on any atom is -0.478 e. The largest absolute Gasteiger partial charge is 0.478 e. The molecule has 0 aliphatic heterocycles. The Morgan fingerprint density at radius 2 is 2.06 bits per heavy atom. The van der Waals surface area contributed by atoms with E-state index in [-0.39, 0.29) is 17.6 Å². The SMILES string of the molecule is Cc1ccc(C(=O)O)cc1NCC(C)(C)CO. The van der Waals surface area contributed by atoms with Crippen LogP contribution in [0.25, 0.3) is 0 Å². The maximum Gasteiger partial charge on any atom is 0.335 e. The first-order valence-electron chi connectivity index (χ1n) is 5.54. The second kappa shape index (κ2) is 5.19. The minimum atomic E-state index is -0.936. The number of aromatic carboxylic acids is 1. The number of aliphatic hydroxyl groups is 1. The van der Waals surface area contributed by atoms with Crippen molar-refractivity contribution < 1.29 is 15.0 Å². The second-order valence-corrected chi connectivity index (χ2v) is 5.01. The molecule has 0 saturated carbocycles. The molecule has 0 aliphatic rings. The standard InChI is InChI=1S/C13H19NO3/c1-9-4-5-10(12(16)17)6-11(9)14-7-13(2,3)8-15/h4-6,14-15H,7-8H2,1-3H3,(H,16,17). The van der Waals surface area contributed by atoms with E-state index in [1.807, 2.05) is 20.8 Å². The third-order valence-electron chi connectivity index (χ3n) is 2.67. The Balaban J connectivity index is 2.83. The van der Waals surface area contributed by atoms with Crippen molar-refractivity contribution in [3.63, 3.8) is 0 Å². The number of carboxylic acids is 1. The molecule has 1 aromatic rings. The van der Waals surface area contributed by atoms with Crippen LogP contribution in [-0.2, 0) is 0 Å². The van der Waals surface area contributed by atoms with Crippen LogP contribution in [0.4, 0.5) is 5.69 Å². The Labute approximate surface area is 101 Å². The van der Waals surface area contributed by atoms with Crippen LogP contribution in [0.1, 0.15) is 29.8 Å². The maximum atomic E-state index is 10.9. The number of carboxylic acid groups (broad SMARTS) is 1. The molecule has 0 spiro atoms. The normalized spacial score (nSPS) is 11.3. The molecule has 0 bridgehead atoms. The zero-order chi connectivity index (χ0) is 13.1. The zero-order valence-corrected chi connectivity index (χ0v) is 10.4. The number of hydrogen-bond donors (Lipinski definition) is 3. The van der Waals surface area contributed by atoms with Crippen LogP contribution >= 0.6 is 0 Å². The van der Waals surface area contributed by atoms with E-state index < -0.39 is 5.97 Å². The number of carbonyl (C=O) groups is 1. The molecule has 4 heteroatoms. The lowest BCUT2D eigenvalue weighted by Crippen LogP contribution is -2.27. The summed E-state index contributed by atoms with van der Waals surface area (Å²) in [5, 5.41) is 21.2. The maximum absolute atomic E-state index is 10.9. The minimum absolute atomic E-state index is 0.0810. The molecule has 1 rings (SSSR count). The molecular weight excluding hydrogens is 218 g/mol. The van der Waals surface area contributed by atoms with Crippen molar-refractivity contribution in [2.24, 2.45) is 5.41 Å². The second-order valence-electron chi connectivity index (χ2n) is 5.01. The molecule has 0 amide bonds. The molecule has 1 aromatic carbocycles. The summed E-state index contributed by atoms with van der Waals surface area (Å²) < 4.78 is 0. The number of rotatable bonds is 5. The number of hydrogen-bond acceptors (Lipinski definition) is 3. The lowest BCUT2D eigenvalue weighted by molar-refractivity contribution is 0.0697. The van der Waals surface area contributed by atoms with Crippen LogP contribution in [-0.4, -0.2) is 29.3 Å². The lowest BCUT2D eigenvalue weighted by Gasteiger charge is -2.23. The van der Waals surface area contributed by atoms with Crippen LogP contribution in [0.3, 0.4) is 0 Å². The van der Waals surface area contributed by atoms with Crippen LogP contribution in [0.5, 0.6) is 0 Å². The van der Waals surface area contributed by atoms with E-state index in [9.17, 15) is 4.79 Å². The molecule has 0 atom stereocenters. The number of benzene rings is 1. The van der Waals surface area contributed by atoms with Crippen molar-refractivity contribution in [3.8, 4) is 0 Å². The summed E-state index contributed by atoms with van der Waals surface area (Å²) in [5.41, 5.74) is 1.82. The highest BCUT2D eigenvalue weighted by molar-refractivity contribution is 5.89. The van der Waals surface area contributed by atoms with Gasteiger partial charge in [0.1, 0.15) is 0 Å². The van der Waals surface area contributed by atoms with Crippen LogP contribution in [0.15, 0.2) is 18.2 Å². The molecule has 3 N–H and O–H groups in total. The van der Waals surface area contributed by atoms with Gasteiger partial charge < -0.3 is 15.5 Å². The van der Waals surface area contributed by atoms with Crippen molar-refractivity contribution in [2.45, 2.75) is 20.8 Å². The van der Waals surface area contributed by atoms with Crippen molar-refractivity contribution in [2.75, 3.05) is 18.5 Å². The first kappa shape index (κ1) is 13.5. The van der Waals surface area contributed by atoms with Crippen molar-refractivity contribution >= 4 is 11.7 Å². The van der Waals surface area contributed by atoms with Gasteiger partial charge in [-0.25, -0.2) is 4.79 Å². The summed E-state index contributed by atoms with van der Waals surface area (Å²) >= 11 is 0. The zero-order valence-electron chi connectivity index (χ0n) is 10.4. The van der Waals surface area contributed by atoms with Crippen molar-refractivity contribution in [1.29, 1.82) is 0 Å². The molecule has 0 radical (unpaired) electrons. The van der Waals surface area contributed by atoms with Gasteiger partial charge in [0.2, 0.25) is 0 Å². The van der Waals surface area contributed by atoms with Gasteiger partial charge in [-0.15, -0.1) is 0 Å². The Hall–Kier alpha value is -1.55. The van der Waals surface area contributed by atoms with Gasteiger partial charge >= 0.3 is 5.97 Å². The van der Waals surface area contributed by atoms with Crippen molar-refractivity contribution in [1.82, 2.24) is 0 Å². The summed E-state index contributed by atoms with van der Waals surface area (Å²) in [6, 6.07) is 4.98. The molecule has 0 aromatic heterocycles. The predicted molar refractivity (Wildman–Crippen MR) is 67.5 cm³/mol. The molecular formula is C13H19NO3. The topological polar surface area (TPSA) is 69.6 Å².